The monoisotopic (exact) mass is 350 g/mol. The van der Waals surface area contributed by atoms with Crippen LogP contribution in [0.5, 0.6) is 0 Å². The van der Waals surface area contributed by atoms with E-state index in [0.717, 1.165) is 43.4 Å². The number of hydrogen-bond donors (Lipinski definition) is 1. The SMILES string of the molecule is Cn1cccc1C(=O)NCc1cn2c(n1)CN(Cc1ccccn1)CC2. The maximum absolute atomic E-state index is 12.2. The second kappa shape index (κ2) is 7.13. The molecule has 26 heavy (non-hydrogen) atoms. The van der Waals surface area contributed by atoms with Crippen LogP contribution >= 0.6 is 0 Å². The smallest absolute Gasteiger partial charge is 0.268 e. The molecule has 0 spiro atoms. The van der Waals surface area contributed by atoms with Crippen LogP contribution in [0.2, 0.25) is 0 Å². The highest BCUT2D eigenvalue weighted by molar-refractivity contribution is 5.92. The number of carbonyl (C=O) groups is 1. The van der Waals surface area contributed by atoms with Gasteiger partial charge in [0.05, 0.1) is 24.5 Å². The molecule has 0 fully saturated rings. The summed E-state index contributed by atoms with van der Waals surface area (Å²) in [7, 11) is 1.86. The molecule has 3 aromatic rings. The largest absolute Gasteiger partial charge is 0.347 e. The van der Waals surface area contributed by atoms with Crippen molar-refractivity contribution >= 4 is 5.91 Å². The van der Waals surface area contributed by atoms with E-state index in [1.807, 2.05) is 60.5 Å². The second-order valence-electron chi connectivity index (χ2n) is 6.56. The van der Waals surface area contributed by atoms with E-state index >= 15 is 0 Å². The Morgan fingerprint density at radius 3 is 2.88 bits per heavy atom. The molecular weight excluding hydrogens is 328 g/mol. The molecule has 0 aliphatic carbocycles. The Balaban J connectivity index is 1.37. The number of rotatable bonds is 5. The number of imidazole rings is 1. The predicted molar refractivity (Wildman–Crippen MR) is 97.2 cm³/mol. The third kappa shape index (κ3) is 3.52. The van der Waals surface area contributed by atoms with Gasteiger partial charge in [0.15, 0.2) is 0 Å². The minimum Gasteiger partial charge on any atom is -0.347 e. The molecule has 1 N–H and O–H groups in total. The number of pyridine rings is 1. The fourth-order valence-corrected chi connectivity index (χ4v) is 3.26. The fraction of sp³-hybridized carbons (Fsp3) is 0.316. The number of hydrogen-bond acceptors (Lipinski definition) is 4. The summed E-state index contributed by atoms with van der Waals surface area (Å²) in [6, 6.07) is 9.66. The molecule has 0 saturated heterocycles. The normalized spacial score (nSPS) is 14.2. The number of fused-ring (bicyclic) bond motifs is 1. The van der Waals surface area contributed by atoms with Gasteiger partial charge in [-0.15, -0.1) is 0 Å². The van der Waals surface area contributed by atoms with E-state index in [4.69, 9.17) is 4.98 Å². The van der Waals surface area contributed by atoms with Gasteiger partial charge in [-0.25, -0.2) is 4.98 Å². The van der Waals surface area contributed by atoms with Crippen molar-refractivity contribution in [2.45, 2.75) is 26.2 Å². The lowest BCUT2D eigenvalue weighted by Crippen LogP contribution is -2.33. The molecule has 0 unspecified atom stereocenters. The van der Waals surface area contributed by atoms with E-state index in [1.165, 1.54) is 0 Å². The highest BCUT2D eigenvalue weighted by Crippen LogP contribution is 2.15. The first-order valence-electron chi connectivity index (χ1n) is 8.76. The molecule has 1 amide bonds. The Morgan fingerprint density at radius 1 is 1.19 bits per heavy atom. The molecule has 4 rings (SSSR count). The summed E-state index contributed by atoms with van der Waals surface area (Å²) in [5.74, 6) is 0.954. The molecule has 0 bridgehead atoms. The topological polar surface area (TPSA) is 68.0 Å². The minimum absolute atomic E-state index is 0.0831. The van der Waals surface area contributed by atoms with Gasteiger partial charge >= 0.3 is 0 Å². The van der Waals surface area contributed by atoms with Gasteiger partial charge in [0.2, 0.25) is 0 Å². The number of amides is 1. The zero-order valence-electron chi connectivity index (χ0n) is 14.8. The fourth-order valence-electron chi connectivity index (χ4n) is 3.26. The van der Waals surface area contributed by atoms with Gasteiger partial charge in [-0.05, 0) is 24.3 Å². The average Bonchev–Trinajstić information content (AvgIpc) is 3.26. The van der Waals surface area contributed by atoms with Crippen molar-refractivity contribution in [2.75, 3.05) is 6.54 Å². The molecule has 4 heterocycles. The van der Waals surface area contributed by atoms with Gasteiger partial charge in [-0.2, -0.15) is 0 Å². The Labute approximate surface area is 152 Å². The number of aromatic nitrogens is 4. The number of carbonyl (C=O) groups excluding carboxylic acids is 1. The maximum Gasteiger partial charge on any atom is 0.268 e. The van der Waals surface area contributed by atoms with E-state index in [2.05, 4.69) is 19.8 Å². The summed E-state index contributed by atoms with van der Waals surface area (Å²) >= 11 is 0. The first-order valence-corrected chi connectivity index (χ1v) is 8.76. The van der Waals surface area contributed by atoms with Crippen molar-refractivity contribution in [1.29, 1.82) is 0 Å². The van der Waals surface area contributed by atoms with E-state index in [0.29, 0.717) is 12.2 Å². The van der Waals surface area contributed by atoms with Crippen LogP contribution < -0.4 is 5.32 Å². The Kier molecular flexibility index (Phi) is 4.53. The second-order valence-corrected chi connectivity index (χ2v) is 6.56. The van der Waals surface area contributed by atoms with Gasteiger partial charge in [-0.3, -0.25) is 14.7 Å². The molecule has 7 nitrogen and oxygen atoms in total. The van der Waals surface area contributed by atoms with Gasteiger partial charge in [0.25, 0.3) is 5.91 Å². The molecular formula is C19H22N6O. The van der Waals surface area contributed by atoms with Crippen molar-refractivity contribution in [3.05, 3.63) is 71.8 Å². The van der Waals surface area contributed by atoms with Crippen LogP contribution in [0.4, 0.5) is 0 Å². The molecule has 0 saturated carbocycles. The van der Waals surface area contributed by atoms with Crippen molar-refractivity contribution in [1.82, 2.24) is 29.3 Å². The Hall–Kier alpha value is -2.93. The van der Waals surface area contributed by atoms with Crippen LogP contribution in [-0.2, 0) is 33.2 Å². The number of aryl methyl sites for hydroxylation is 1. The summed E-state index contributed by atoms with van der Waals surface area (Å²) in [5.41, 5.74) is 2.61. The first kappa shape index (κ1) is 16.5. The number of nitrogens with one attached hydrogen (secondary N) is 1. The van der Waals surface area contributed by atoms with E-state index in [1.54, 1.807) is 0 Å². The Bertz CT molecular complexity index is 898. The molecule has 0 atom stereocenters. The van der Waals surface area contributed by atoms with E-state index < -0.39 is 0 Å². The Morgan fingerprint density at radius 2 is 2.12 bits per heavy atom. The maximum atomic E-state index is 12.2. The summed E-state index contributed by atoms with van der Waals surface area (Å²) in [5, 5.41) is 2.94. The predicted octanol–water partition coefficient (Wildman–Crippen LogP) is 1.56. The van der Waals surface area contributed by atoms with Gasteiger partial charge < -0.3 is 14.5 Å². The summed E-state index contributed by atoms with van der Waals surface area (Å²) in [4.78, 5) is 23.7. The summed E-state index contributed by atoms with van der Waals surface area (Å²) in [6.07, 6.45) is 5.73. The standard InChI is InChI=1S/C19H22N6O/c1-23-8-4-6-17(23)19(26)21-11-16-13-25-10-9-24(14-18(25)22-16)12-15-5-2-3-7-20-15/h2-8,13H,9-12,14H2,1H3,(H,21,26). The van der Waals surface area contributed by atoms with E-state index in [-0.39, 0.29) is 5.91 Å². The quantitative estimate of drug-likeness (QED) is 0.758. The third-order valence-electron chi connectivity index (χ3n) is 4.65. The lowest BCUT2D eigenvalue weighted by Gasteiger charge is -2.27. The lowest BCUT2D eigenvalue weighted by molar-refractivity contribution is 0.0942. The summed E-state index contributed by atoms with van der Waals surface area (Å²) < 4.78 is 3.99. The van der Waals surface area contributed by atoms with Gasteiger partial charge in [0.1, 0.15) is 11.5 Å². The molecule has 0 aromatic carbocycles. The molecule has 0 radical (unpaired) electrons. The number of nitrogens with zero attached hydrogens (tertiary/aromatic N) is 5. The van der Waals surface area contributed by atoms with Crippen LogP contribution in [0.3, 0.4) is 0 Å². The van der Waals surface area contributed by atoms with Crippen molar-refractivity contribution in [3.8, 4) is 0 Å². The molecule has 134 valence electrons. The third-order valence-corrected chi connectivity index (χ3v) is 4.65. The highest BCUT2D eigenvalue weighted by Gasteiger charge is 2.19. The minimum atomic E-state index is -0.0831. The zero-order chi connectivity index (χ0) is 17.9. The van der Waals surface area contributed by atoms with Crippen molar-refractivity contribution in [2.24, 2.45) is 7.05 Å². The molecule has 1 aliphatic heterocycles. The van der Waals surface area contributed by atoms with Crippen LogP contribution in [-0.4, -0.2) is 36.5 Å². The van der Waals surface area contributed by atoms with Crippen molar-refractivity contribution < 1.29 is 4.79 Å². The van der Waals surface area contributed by atoms with Crippen molar-refractivity contribution in [3.63, 3.8) is 0 Å². The van der Waals surface area contributed by atoms with Gasteiger partial charge in [-0.1, -0.05) is 6.07 Å². The van der Waals surface area contributed by atoms with Gasteiger partial charge in [0, 0.05) is 45.3 Å². The van der Waals surface area contributed by atoms with Crippen LogP contribution in [0, 0.1) is 0 Å². The summed E-state index contributed by atoms with van der Waals surface area (Å²) in [6.45, 7) is 3.93. The lowest BCUT2D eigenvalue weighted by atomic mass is 10.3. The van der Waals surface area contributed by atoms with Crippen LogP contribution in [0.1, 0.15) is 27.7 Å². The molecule has 7 heteroatoms. The average molecular weight is 350 g/mol. The molecule has 3 aromatic heterocycles. The van der Waals surface area contributed by atoms with E-state index in [9.17, 15) is 4.79 Å². The first-order chi connectivity index (χ1) is 12.7. The highest BCUT2D eigenvalue weighted by atomic mass is 16.1. The van der Waals surface area contributed by atoms with Crippen LogP contribution in [0.25, 0.3) is 0 Å². The molecule has 1 aliphatic rings. The zero-order valence-corrected chi connectivity index (χ0v) is 14.8. The van der Waals surface area contributed by atoms with Crippen LogP contribution in [0.15, 0.2) is 48.9 Å².